The van der Waals surface area contributed by atoms with Crippen molar-refractivity contribution in [2.45, 2.75) is 45.3 Å². The van der Waals surface area contributed by atoms with E-state index in [1.807, 2.05) is 31.2 Å². The van der Waals surface area contributed by atoms with E-state index in [0.29, 0.717) is 5.69 Å². The Morgan fingerprint density at radius 3 is 2.50 bits per heavy atom. The monoisotopic (exact) mass is 451 g/mol. The van der Waals surface area contributed by atoms with Gasteiger partial charge in [-0.3, -0.25) is 10.2 Å². The number of nitrogens with zero attached hydrogens (tertiary/aromatic N) is 1. The SMILES string of the molecule is Br.CCCCC(NC(C)c1cccc(OC)c1)N(C(N)=O)c1ccc(O)cc1. The van der Waals surface area contributed by atoms with Crippen LogP contribution in [-0.2, 0) is 0 Å². The summed E-state index contributed by atoms with van der Waals surface area (Å²) < 4.78 is 5.31. The van der Waals surface area contributed by atoms with Crippen molar-refractivity contribution in [1.82, 2.24) is 5.32 Å². The predicted octanol–water partition coefficient (Wildman–Crippen LogP) is 4.73. The molecule has 0 heterocycles. The lowest BCUT2D eigenvalue weighted by atomic mass is 10.1. The van der Waals surface area contributed by atoms with Crippen molar-refractivity contribution in [2.24, 2.45) is 5.73 Å². The number of unbranched alkanes of at least 4 members (excludes halogenated alkanes) is 1. The predicted molar refractivity (Wildman–Crippen MR) is 118 cm³/mol. The van der Waals surface area contributed by atoms with Crippen LogP contribution in [0.4, 0.5) is 10.5 Å². The summed E-state index contributed by atoms with van der Waals surface area (Å²) in [5.74, 6) is 0.933. The number of rotatable bonds is 9. The van der Waals surface area contributed by atoms with Gasteiger partial charge < -0.3 is 15.6 Å². The van der Waals surface area contributed by atoms with Crippen LogP contribution in [0.3, 0.4) is 0 Å². The van der Waals surface area contributed by atoms with Gasteiger partial charge in [-0.25, -0.2) is 4.79 Å². The van der Waals surface area contributed by atoms with Crippen molar-refractivity contribution >= 4 is 28.7 Å². The van der Waals surface area contributed by atoms with Crippen LogP contribution in [0.15, 0.2) is 48.5 Å². The summed E-state index contributed by atoms with van der Waals surface area (Å²) in [5, 5.41) is 13.1. The fourth-order valence-corrected chi connectivity index (χ4v) is 3.05. The minimum Gasteiger partial charge on any atom is -0.508 e. The lowest BCUT2D eigenvalue weighted by molar-refractivity contribution is 0.248. The van der Waals surface area contributed by atoms with E-state index in [1.54, 1.807) is 36.3 Å². The number of benzene rings is 2. The normalized spacial score (nSPS) is 12.5. The Kier molecular flexibility index (Phi) is 9.82. The molecule has 0 aromatic heterocycles. The van der Waals surface area contributed by atoms with E-state index in [9.17, 15) is 9.90 Å². The number of carbonyl (C=O) groups is 1. The number of nitrogens with one attached hydrogen (secondary N) is 1. The molecule has 2 aromatic carbocycles. The van der Waals surface area contributed by atoms with Gasteiger partial charge in [0.05, 0.1) is 13.3 Å². The molecule has 2 amide bonds. The summed E-state index contributed by atoms with van der Waals surface area (Å²) in [7, 11) is 1.64. The maximum Gasteiger partial charge on any atom is 0.320 e. The number of carbonyl (C=O) groups excluding carboxylic acids is 1. The molecular weight excluding hydrogens is 422 g/mol. The smallest absolute Gasteiger partial charge is 0.320 e. The number of aromatic hydroxyl groups is 1. The molecule has 7 heteroatoms. The zero-order valence-corrected chi connectivity index (χ0v) is 18.3. The van der Waals surface area contributed by atoms with Gasteiger partial charge in [-0.15, -0.1) is 17.0 Å². The highest BCUT2D eigenvalue weighted by atomic mass is 79.9. The van der Waals surface area contributed by atoms with E-state index >= 15 is 0 Å². The number of primary amides is 1. The summed E-state index contributed by atoms with van der Waals surface area (Å²) in [6, 6.07) is 13.8. The van der Waals surface area contributed by atoms with E-state index in [4.69, 9.17) is 10.5 Å². The molecule has 2 unspecified atom stereocenters. The van der Waals surface area contributed by atoms with Crippen LogP contribution in [0.25, 0.3) is 0 Å². The number of anilines is 1. The second-order valence-electron chi connectivity index (χ2n) is 6.55. The molecule has 0 saturated carbocycles. The Labute approximate surface area is 177 Å². The fraction of sp³-hybridized carbons (Fsp3) is 0.381. The van der Waals surface area contributed by atoms with Gasteiger partial charge in [0.25, 0.3) is 0 Å². The third-order valence-corrected chi connectivity index (χ3v) is 4.54. The fourth-order valence-electron chi connectivity index (χ4n) is 3.05. The average Bonchev–Trinajstić information content (AvgIpc) is 2.67. The van der Waals surface area contributed by atoms with Gasteiger partial charge in [0.15, 0.2) is 0 Å². The molecule has 2 rings (SSSR count). The van der Waals surface area contributed by atoms with Crippen molar-refractivity contribution in [3.8, 4) is 11.5 Å². The highest BCUT2D eigenvalue weighted by Gasteiger charge is 2.25. The number of hydrogen-bond acceptors (Lipinski definition) is 4. The molecule has 0 aliphatic carbocycles. The second kappa shape index (κ2) is 11.6. The van der Waals surface area contributed by atoms with E-state index in [1.165, 1.54) is 0 Å². The summed E-state index contributed by atoms with van der Waals surface area (Å²) in [6.45, 7) is 4.15. The number of nitrogens with two attached hydrogens (primary N) is 1. The molecule has 4 N–H and O–H groups in total. The standard InChI is InChI=1S/C21H29N3O3.BrH/c1-4-5-9-20(23-15(2)16-7-6-8-19(14-16)27-3)24(21(22)26)17-10-12-18(25)13-11-17;/h6-8,10-15,20,23,25H,4-5,9H2,1-3H3,(H2,22,26);1H. The molecule has 0 saturated heterocycles. The third-order valence-electron chi connectivity index (χ3n) is 4.54. The van der Waals surface area contributed by atoms with Gasteiger partial charge in [0.1, 0.15) is 11.5 Å². The highest BCUT2D eigenvalue weighted by molar-refractivity contribution is 8.93. The summed E-state index contributed by atoms with van der Waals surface area (Å²) >= 11 is 0. The maximum atomic E-state index is 12.2. The number of phenolic OH excluding ortho intramolecular Hbond substituents is 1. The molecule has 6 nitrogen and oxygen atoms in total. The van der Waals surface area contributed by atoms with Crippen LogP contribution in [0.1, 0.15) is 44.7 Å². The van der Waals surface area contributed by atoms with Crippen molar-refractivity contribution in [1.29, 1.82) is 0 Å². The molecule has 0 spiro atoms. The molecule has 0 aliphatic heterocycles. The molecule has 0 aliphatic rings. The van der Waals surface area contributed by atoms with Crippen LogP contribution in [0.5, 0.6) is 11.5 Å². The van der Waals surface area contributed by atoms with Crippen molar-refractivity contribution in [3.05, 3.63) is 54.1 Å². The van der Waals surface area contributed by atoms with E-state index in [2.05, 4.69) is 12.2 Å². The van der Waals surface area contributed by atoms with Crippen LogP contribution >= 0.6 is 17.0 Å². The minimum absolute atomic E-state index is 0. The number of urea groups is 1. The minimum atomic E-state index is -0.535. The first kappa shape index (κ1) is 23.8. The van der Waals surface area contributed by atoms with Gasteiger partial charge in [0, 0.05) is 11.7 Å². The molecular formula is C21H30BrN3O3. The number of methoxy groups -OCH3 is 1. The Morgan fingerprint density at radius 2 is 1.93 bits per heavy atom. The lowest BCUT2D eigenvalue weighted by Crippen LogP contribution is -2.52. The van der Waals surface area contributed by atoms with Crippen LogP contribution in [0.2, 0.25) is 0 Å². The molecule has 154 valence electrons. The first-order valence-corrected chi connectivity index (χ1v) is 9.24. The summed E-state index contributed by atoms with van der Waals surface area (Å²) in [5.41, 5.74) is 7.41. The van der Waals surface area contributed by atoms with Crippen LogP contribution in [-0.4, -0.2) is 24.4 Å². The number of hydrogen-bond donors (Lipinski definition) is 3. The topological polar surface area (TPSA) is 87.8 Å². The maximum absolute atomic E-state index is 12.2. The van der Waals surface area contributed by atoms with Crippen molar-refractivity contribution < 1.29 is 14.6 Å². The molecule has 0 bridgehead atoms. The van der Waals surface area contributed by atoms with E-state index in [0.717, 1.165) is 30.6 Å². The van der Waals surface area contributed by atoms with Crippen LogP contribution in [0, 0.1) is 0 Å². The molecule has 2 atom stereocenters. The molecule has 0 radical (unpaired) electrons. The van der Waals surface area contributed by atoms with Gasteiger partial charge in [0.2, 0.25) is 0 Å². The number of phenols is 1. The zero-order chi connectivity index (χ0) is 19.8. The van der Waals surface area contributed by atoms with Crippen LogP contribution < -0.4 is 20.7 Å². The van der Waals surface area contributed by atoms with Gasteiger partial charge >= 0.3 is 6.03 Å². The number of ether oxygens (including phenoxy) is 1. The Hall–Kier alpha value is -2.25. The van der Waals surface area contributed by atoms with Gasteiger partial charge in [-0.2, -0.15) is 0 Å². The first-order valence-electron chi connectivity index (χ1n) is 9.24. The Balaban J connectivity index is 0.00000392. The molecule has 0 fully saturated rings. The Morgan fingerprint density at radius 1 is 1.25 bits per heavy atom. The summed E-state index contributed by atoms with van der Waals surface area (Å²) in [6.07, 6.45) is 2.44. The van der Waals surface area contributed by atoms with Crippen molar-refractivity contribution in [3.63, 3.8) is 0 Å². The molecule has 2 aromatic rings. The summed E-state index contributed by atoms with van der Waals surface area (Å²) in [4.78, 5) is 13.8. The van der Waals surface area contributed by atoms with E-state index < -0.39 is 6.03 Å². The highest BCUT2D eigenvalue weighted by Crippen LogP contribution is 2.25. The van der Waals surface area contributed by atoms with Gasteiger partial charge in [-0.1, -0.05) is 31.9 Å². The second-order valence-corrected chi connectivity index (χ2v) is 6.55. The molecule has 28 heavy (non-hydrogen) atoms. The van der Waals surface area contributed by atoms with E-state index in [-0.39, 0.29) is 34.9 Å². The number of halogens is 1. The third kappa shape index (κ3) is 6.42. The average molecular weight is 452 g/mol. The van der Waals surface area contributed by atoms with Crippen molar-refractivity contribution in [2.75, 3.05) is 12.0 Å². The zero-order valence-electron chi connectivity index (χ0n) is 16.6. The number of amides is 2. The Bertz CT molecular complexity index is 740. The first-order chi connectivity index (χ1) is 13.0. The largest absolute Gasteiger partial charge is 0.508 e. The van der Waals surface area contributed by atoms with Gasteiger partial charge in [-0.05, 0) is 55.3 Å². The lowest BCUT2D eigenvalue weighted by Gasteiger charge is -2.33. The quantitative estimate of drug-likeness (QED) is 0.480.